The first-order chi connectivity index (χ1) is 16.1. The minimum absolute atomic E-state index is 0.114. The lowest BCUT2D eigenvalue weighted by molar-refractivity contribution is -0.140. The molecule has 2 aromatic rings. The van der Waals surface area contributed by atoms with E-state index in [1.165, 1.54) is 26.9 Å². The lowest BCUT2D eigenvalue weighted by atomic mass is 10.0. The van der Waals surface area contributed by atoms with E-state index >= 15 is 0 Å². The van der Waals surface area contributed by atoms with Gasteiger partial charge in [0.15, 0.2) is 17.6 Å². The molecule has 1 aliphatic rings. The monoisotopic (exact) mass is 502 g/mol. The molecule has 1 aliphatic heterocycles. The van der Waals surface area contributed by atoms with E-state index in [4.69, 9.17) is 18.4 Å². The number of aromatic nitrogens is 4. The first-order valence-electron chi connectivity index (χ1n) is 10.6. The van der Waals surface area contributed by atoms with Crippen LogP contribution in [0.2, 0.25) is 0 Å². The molecule has 5 atom stereocenters. The van der Waals surface area contributed by atoms with Crippen LogP contribution in [-0.4, -0.2) is 91.2 Å². The van der Waals surface area contributed by atoms with Crippen LogP contribution in [0, 0.1) is 5.92 Å². The number of nitrogens with zero attached hydrogens (tertiary/aromatic N) is 4. The largest absolute Gasteiger partial charge is 0.390 e. The molecule has 0 unspecified atom stereocenters. The quantitative estimate of drug-likeness (QED) is 0.362. The smallest absolute Gasteiger partial charge is 0.362 e. The summed E-state index contributed by atoms with van der Waals surface area (Å²) in [6, 6.07) is 0. The molecule has 1 saturated heterocycles. The fourth-order valence-corrected chi connectivity index (χ4v) is 4.52. The normalized spacial score (nSPS) is 22.7. The summed E-state index contributed by atoms with van der Waals surface area (Å²) in [5, 5.41) is 13.3. The average Bonchev–Trinajstić information content (AvgIpc) is 3.38. The lowest BCUT2D eigenvalue weighted by Gasteiger charge is -2.26. The third-order valence-electron chi connectivity index (χ3n) is 5.46. The van der Waals surface area contributed by atoms with Crippen LogP contribution < -0.4 is 10.0 Å². The number of methoxy groups -OCH3 is 2. The molecule has 0 spiro atoms. The molecule has 3 heterocycles. The zero-order chi connectivity index (χ0) is 25.0. The van der Waals surface area contributed by atoms with Crippen LogP contribution in [0.1, 0.15) is 26.5 Å². The van der Waals surface area contributed by atoms with Crippen molar-refractivity contribution in [3.63, 3.8) is 0 Å². The second-order valence-electron chi connectivity index (χ2n) is 8.03. The number of imidazole rings is 1. The van der Waals surface area contributed by atoms with Crippen LogP contribution in [-0.2, 0) is 33.5 Å². The number of hydrogen-bond donors (Lipinski definition) is 3. The van der Waals surface area contributed by atoms with Gasteiger partial charge in [0.05, 0.1) is 25.1 Å². The van der Waals surface area contributed by atoms with Gasteiger partial charge in [-0.2, -0.15) is 8.42 Å². The van der Waals surface area contributed by atoms with Crippen molar-refractivity contribution in [2.75, 3.05) is 33.2 Å². The predicted molar refractivity (Wildman–Crippen MR) is 119 cm³/mol. The van der Waals surface area contributed by atoms with Gasteiger partial charge in [-0.1, -0.05) is 13.8 Å². The number of fused-ring (bicyclic) bond motifs is 1. The molecule has 0 aromatic carbocycles. The van der Waals surface area contributed by atoms with Crippen LogP contribution in [0.5, 0.6) is 0 Å². The summed E-state index contributed by atoms with van der Waals surface area (Å²) in [4.78, 5) is 25.0. The fraction of sp³-hybridized carbons (Fsp3) is 0.684. The maximum absolute atomic E-state index is 12.5. The number of anilines is 1. The molecule has 1 amide bonds. The van der Waals surface area contributed by atoms with Gasteiger partial charge >= 0.3 is 10.3 Å². The number of amides is 1. The molecule has 0 radical (unpaired) electrons. The van der Waals surface area contributed by atoms with E-state index in [-0.39, 0.29) is 12.3 Å². The standard InChI is InChI=1S/C19H30N6O8S/c1-10(2)15(30-4)16(31-5)19(27)24-34(28,29)32-7-12-11(26)6-13(33-12)25-9-23-14-17(20-3)21-8-22-18(14)25/h8-13,15-16,26H,6-7H2,1-5H3,(H,24,27)(H,20,21,22)/t11-,12+,13+,15+,16-/m0/s1. The molecule has 1 fully saturated rings. The highest BCUT2D eigenvalue weighted by atomic mass is 32.2. The second-order valence-corrected chi connectivity index (χ2v) is 9.38. The van der Waals surface area contributed by atoms with E-state index in [9.17, 15) is 18.3 Å². The molecular formula is C19H30N6O8S. The van der Waals surface area contributed by atoms with Gasteiger partial charge in [0, 0.05) is 27.7 Å². The van der Waals surface area contributed by atoms with Crippen molar-refractivity contribution in [2.24, 2.45) is 5.92 Å². The Bertz CT molecular complexity index is 1090. The summed E-state index contributed by atoms with van der Waals surface area (Å²) in [5.41, 5.74) is 1.01. The maximum atomic E-state index is 12.5. The van der Waals surface area contributed by atoms with Gasteiger partial charge in [0.25, 0.3) is 5.91 Å². The van der Waals surface area contributed by atoms with Gasteiger partial charge in [0.2, 0.25) is 0 Å². The van der Waals surface area contributed by atoms with Crippen molar-refractivity contribution in [3.8, 4) is 0 Å². The Morgan fingerprint density at radius 1 is 1.29 bits per heavy atom. The highest BCUT2D eigenvalue weighted by molar-refractivity contribution is 7.85. The molecule has 34 heavy (non-hydrogen) atoms. The summed E-state index contributed by atoms with van der Waals surface area (Å²) in [6.45, 7) is 3.10. The van der Waals surface area contributed by atoms with Crippen LogP contribution in [0.3, 0.4) is 0 Å². The third kappa shape index (κ3) is 5.61. The zero-order valence-electron chi connectivity index (χ0n) is 19.5. The van der Waals surface area contributed by atoms with Gasteiger partial charge in [-0.3, -0.25) is 13.5 Å². The Labute approximate surface area is 197 Å². The number of nitrogens with one attached hydrogen (secondary N) is 2. The Morgan fingerprint density at radius 3 is 2.65 bits per heavy atom. The molecule has 15 heteroatoms. The van der Waals surface area contributed by atoms with Crippen molar-refractivity contribution in [3.05, 3.63) is 12.7 Å². The van der Waals surface area contributed by atoms with E-state index in [0.717, 1.165) is 0 Å². The summed E-state index contributed by atoms with van der Waals surface area (Å²) in [7, 11) is -0.120. The van der Waals surface area contributed by atoms with Gasteiger partial charge < -0.3 is 24.6 Å². The van der Waals surface area contributed by atoms with E-state index in [2.05, 4.69) is 20.3 Å². The molecule has 14 nitrogen and oxygen atoms in total. The summed E-state index contributed by atoms with van der Waals surface area (Å²) in [6.07, 6.45) is -1.46. The van der Waals surface area contributed by atoms with E-state index in [0.29, 0.717) is 17.0 Å². The minimum Gasteiger partial charge on any atom is -0.390 e. The van der Waals surface area contributed by atoms with Gasteiger partial charge in [0.1, 0.15) is 24.2 Å². The van der Waals surface area contributed by atoms with Crippen LogP contribution >= 0.6 is 0 Å². The SMILES string of the molecule is CNc1ncnc2c1ncn2[C@H]1C[C@H](O)[C@@H](COS(=O)(=O)NC(=O)[C@@H](OC)[C@H](OC)C(C)C)O1. The molecule has 3 N–H and O–H groups in total. The number of hydrogen-bond acceptors (Lipinski definition) is 12. The van der Waals surface area contributed by atoms with Crippen molar-refractivity contribution in [1.82, 2.24) is 24.2 Å². The van der Waals surface area contributed by atoms with Gasteiger partial charge in [-0.25, -0.2) is 19.7 Å². The number of carbonyl (C=O) groups is 1. The maximum Gasteiger partial charge on any atom is 0.362 e. The predicted octanol–water partition coefficient (Wildman–Crippen LogP) is -0.420. The van der Waals surface area contributed by atoms with Crippen molar-refractivity contribution < 1.29 is 36.7 Å². The average molecular weight is 503 g/mol. The minimum atomic E-state index is -4.50. The highest BCUT2D eigenvalue weighted by Gasteiger charge is 2.38. The molecular weight excluding hydrogens is 472 g/mol. The highest BCUT2D eigenvalue weighted by Crippen LogP contribution is 2.32. The van der Waals surface area contributed by atoms with Crippen LogP contribution in [0.25, 0.3) is 11.2 Å². The number of ether oxygens (including phenoxy) is 3. The van der Waals surface area contributed by atoms with E-state index in [1.54, 1.807) is 11.6 Å². The van der Waals surface area contributed by atoms with E-state index < -0.39 is 53.5 Å². The summed E-state index contributed by atoms with van der Waals surface area (Å²) < 4.78 is 49.2. The lowest BCUT2D eigenvalue weighted by Crippen LogP contribution is -2.48. The van der Waals surface area contributed by atoms with Gasteiger partial charge in [-0.05, 0) is 5.92 Å². The fourth-order valence-electron chi connectivity index (χ4n) is 3.78. The number of rotatable bonds is 11. The van der Waals surface area contributed by atoms with Gasteiger partial charge in [-0.15, -0.1) is 0 Å². The third-order valence-corrected chi connectivity index (χ3v) is 6.36. The molecule has 0 saturated carbocycles. The first-order valence-corrected chi connectivity index (χ1v) is 12.0. The molecule has 3 rings (SSSR count). The number of aliphatic hydroxyl groups is 1. The van der Waals surface area contributed by atoms with E-state index in [1.807, 2.05) is 18.6 Å². The number of aliphatic hydroxyl groups excluding tert-OH is 1. The summed E-state index contributed by atoms with van der Waals surface area (Å²) in [5.74, 6) is -0.512. The first kappa shape index (κ1) is 26.2. The Balaban J connectivity index is 1.63. The Kier molecular flexibility index (Phi) is 8.38. The zero-order valence-corrected chi connectivity index (χ0v) is 20.4. The number of carbonyl (C=O) groups excluding carboxylic acids is 1. The molecule has 2 aromatic heterocycles. The second kappa shape index (κ2) is 10.9. The van der Waals surface area contributed by atoms with Crippen molar-refractivity contribution in [1.29, 1.82) is 0 Å². The molecule has 0 bridgehead atoms. The topological polar surface area (TPSA) is 176 Å². The van der Waals surface area contributed by atoms with Crippen molar-refractivity contribution in [2.45, 2.75) is 50.9 Å². The van der Waals surface area contributed by atoms with Crippen LogP contribution in [0.4, 0.5) is 5.82 Å². The van der Waals surface area contributed by atoms with Crippen molar-refractivity contribution >= 4 is 33.2 Å². The van der Waals surface area contributed by atoms with Crippen LogP contribution in [0.15, 0.2) is 12.7 Å². The summed E-state index contributed by atoms with van der Waals surface area (Å²) >= 11 is 0. The Hall–Kier alpha value is -2.43. The molecule has 190 valence electrons. The molecule has 0 aliphatic carbocycles. The Morgan fingerprint density at radius 2 is 2.03 bits per heavy atom.